The van der Waals surface area contributed by atoms with Gasteiger partial charge in [-0.25, -0.2) is 4.98 Å². The molecule has 0 fully saturated rings. The summed E-state index contributed by atoms with van der Waals surface area (Å²) in [5.74, 6) is 0.0349. The molecule has 2 rings (SSSR count). The Bertz CT molecular complexity index is 495. The smallest absolute Gasteiger partial charge is 0.248 e. The number of aryl methyl sites for hydroxylation is 1. The number of rotatable bonds is 2. The summed E-state index contributed by atoms with van der Waals surface area (Å²) in [7, 11) is 0. The van der Waals surface area contributed by atoms with Crippen molar-refractivity contribution in [2.24, 2.45) is 5.73 Å². The van der Waals surface area contributed by atoms with Crippen LogP contribution in [0.5, 0.6) is 0 Å². The molecule has 1 amide bonds. The predicted octanol–water partition coefficient (Wildman–Crippen LogP) is 2.17. The first-order valence-corrected chi connectivity index (χ1v) is 4.48. The van der Waals surface area contributed by atoms with E-state index in [4.69, 9.17) is 10.2 Å². The number of benzene rings is 1. The number of carbonyl (C=O) groups excluding carboxylic acids is 1. The molecule has 5 heteroatoms. The van der Waals surface area contributed by atoms with Crippen molar-refractivity contribution in [3.8, 4) is 11.5 Å². The van der Waals surface area contributed by atoms with Gasteiger partial charge in [-0.05, 0) is 30.7 Å². The topological polar surface area (TPSA) is 69.1 Å². The van der Waals surface area contributed by atoms with E-state index in [-0.39, 0.29) is 12.4 Å². The highest BCUT2D eigenvalue weighted by Gasteiger charge is 2.07. The van der Waals surface area contributed by atoms with Crippen LogP contribution in [0.4, 0.5) is 0 Å². The lowest BCUT2D eigenvalue weighted by Gasteiger charge is -2.01. The SMILES string of the molecule is Cc1cc(C(N)=O)cc(-c2ncco2)c1.Cl. The van der Waals surface area contributed by atoms with E-state index >= 15 is 0 Å². The average Bonchev–Trinajstić information content (AvgIpc) is 2.69. The number of primary amides is 1. The highest BCUT2D eigenvalue weighted by Crippen LogP contribution is 2.20. The van der Waals surface area contributed by atoms with Crippen LogP contribution in [0.2, 0.25) is 0 Å². The van der Waals surface area contributed by atoms with E-state index in [1.165, 1.54) is 6.26 Å². The third kappa shape index (κ3) is 2.41. The molecule has 0 aliphatic heterocycles. The van der Waals surface area contributed by atoms with Crippen molar-refractivity contribution in [2.45, 2.75) is 6.92 Å². The first-order chi connectivity index (χ1) is 7.16. The van der Waals surface area contributed by atoms with Gasteiger partial charge in [-0.15, -0.1) is 12.4 Å². The molecule has 1 aromatic carbocycles. The zero-order valence-electron chi connectivity index (χ0n) is 8.64. The molecule has 0 atom stereocenters. The van der Waals surface area contributed by atoms with Crippen LogP contribution in [-0.2, 0) is 0 Å². The van der Waals surface area contributed by atoms with Gasteiger partial charge in [-0.3, -0.25) is 4.79 Å². The lowest BCUT2D eigenvalue weighted by Crippen LogP contribution is -2.11. The van der Waals surface area contributed by atoms with Crippen molar-refractivity contribution in [3.05, 3.63) is 41.8 Å². The van der Waals surface area contributed by atoms with Crippen molar-refractivity contribution in [2.75, 3.05) is 0 Å². The summed E-state index contributed by atoms with van der Waals surface area (Å²) in [5.41, 5.74) is 7.38. The summed E-state index contributed by atoms with van der Waals surface area (Å²) in [4.78, 5) is 15.1. The number of hydrogen-bond acceptors (Lipinski definition) is 3. The maximum absolute atomic E-state index is 11.0. The van der Waals surface area contributed by atoms with Crippen LogP contribution in [0.25, 0.3) is 11.5 Å². The molecule has 16 heavy (non-hydrogen) atoms. The minimum absolute atomic E-state index is 0. The van der Waals surface area contributed by atoms with Gasteiger partial charge < -0.3 is 10.2 Å². The third-order valence-electron chi connectivity index (χ3n) is 2.04. The van der Waals surface area contributed by atoms with E-state index in [1.54, 1.807) is 18.3 Å². The first kappa shape index (κ1) is 12.3. The molecule has 0 aliphatic rings. The largest absolute Gasteiger partial charge is 0.445 e. The summed E-state index contributed by atoms with van der Waals surface area (Å²) in [6.07, 6.45) is 3.04. The standard InChI is InChI=1S/C11H10N2O2.ClH/c1-7-4-8(10(12)14)6-9(5-7)11-13-2-3-15-11;/h2-6H,1H3,(H2,12,14);1H. The lowest BCUT2D eigenvalue weighted by molar-refractivity contribution is 0.100. The number of halogens is 1. The number of hydrogen-bond donors (Lipinski definition) is 1. The van der Waals surface area contributed by atoms with Gasteiger partial charge in [0.05, 0.1) is 6.20 Å². The third-order valence-corrected chi connectivity index (χ3v) is 2.04. The zero-order valence-corrected chi connectivity index (χ0v) is 9.45. The fraction of sp³-hybridized carbons (Fsp3) is 0.0909. The van der Waals surface area contributed by atoms with Crippen LogP contribution in [0, 0.1) is 6.92 Å². The Balaban J connectivity index is 0.00000128. The number of nitrogens with two attached hydrogens (primary N) is 1. The molecular formula is C11H11ClN2O2. The van der Waals surface area contributed by atoms with E-state index in [9.17, 15) is 4.79 Å². The molecule has 0 saturated heterocycles. The van der Waals surface area contributed by atoms with Gasteiger partial charge in [0.25, 0.3) is 0 Å². The summed E-state index contributed by atoms with van der Waals surface area (Å²) in [5, 5.41) is 0. The van der Waals surface area contributed by atoms with Gasteiger partial charge in [0, 0.05) is 11.1 Å². The minimum Gasteiger partial charge on any atom is -0.445 e. The Morgan fingerprint density at radius 2 is 2.12 bits per heavy atom. The number of carbonyl (C=O) groups is 1. The summed E-state index contributed by atoms with van der Waals surface area (Å²) >= 11 is 0. The minimum atomic E-state index is -0.452. The zero-order chi connectivity index (χ0) is 10.8. The van der Waals surface area contributed by atoms with E-state index in [0.717, 1.165) is 11.1 Å². The normalized spacial score (nSPS) is 9.56. The molecule has 1 heterocycles. The average molecular weight is 239 g/mol. The monoisotopic (exact) mass is 238 g/mol. The molecule has 1 aromatic heterocycles. The van der Waals surface area contributed by atoms with Crippen LogP contribution in [0.15, 0.2) is 35.1 Å². The second-order valence-corrected chi connectivity index (χ2v) is 3.29. The Labute approximate surface area is 98.9 Å². The van der Waals surface area contributed by atoms with Crippen LogP contribution in [0.3, 0.4) is 0 Å². The molecule has 0 spiro atoms. The van der Waals surface area contributed by atoms with Crippen LogP contribution < -0.4 is 5.73 Å². The Kier molecular flexibility index (Phi) is 3.68. The number of nitrogens with zero attached hydrogens (tertiary/aromatic N) is 1. The fourth-order valence-electron chi connectivity index (χ4n) is 1.41. The van der Waals surface area contributed by atoms with Gasteiger partial charge in [-0.1, -0.05) is 0 Å². The summed E-state index contributed by atoms with van der Waals surface area (Å²) in [6, 6.07) is 5.29. The Morgan fingerprint density at radius 1 is 1.38 bits per heavy atom. The van der Waals surface area contributed by atoms with Crippen LogP contribution in [0.1, 0.15) is 15.9 Å². The number of aromatic nitrogens is 1. The predicted molar refractivity (Wildman–Crippen MR) is 62.4 cm³/mol. The molecule has 2 N–H and O–H groups in total. The highest BCUT2D eigenvalue weighted by molar-refractivity contribution is 5.94. The van der Waals surface area contributed by atoms with E-state index in [0.29, 0.717) is 11.5 Å². The summed E-state index contributed by atoms with van der Waals surface area (Å²) < 4.78 is 5.15. The number of oxazole rings is 1. The molecule has 2 aromatic rings. The van der Waals surface area contributed by atoms with Crippen molar-refractivity contribution < 1.29 is 9.21 Å². The second kappa shape index (κ2) is 4.81. The van der Waals surface area contributed by atoms with Gasteiger partial charge in [-0.2, -0.15) is 0 Å². The second-order valence-electron chi connectivity index (χ2n) is 3.29. The van der Waals surface area contributed by atoms with E-state index < -0.39 is 5.91 Å². The Morgan fingerprint density at radius 3 is 2.69 bits per heavy atom. The van der Waals surface area contributed by atoms with E-state index in [1.807, 2.05) is 13.0 Å². The molecule has 0 bridgehead atoms. The highest BCUT2D eigenvalue weighted by atomic mass is 35.5. The quantitative estimate of drug-likeness (QED) is 0.872. The van der Waals surface area contributed by atoms with Crippen molar-refractivity contribution in [1.29, 1.82) is 0 Å². The van der Waals surface area contributed by atoms with Crippen LogP contribution in [-0.4, -0.2) is 10.9 Å². The molecule has 84 valence electrons. The van der Waals surface area contributed by atoms with Gasteiger partial charge in [0.2, 0.25) is 11.8 Å². The Hall–Kier alpha value is -1.81. The first-order valence-electron chi connectivity index (χ1n) is 4.48. The molecule has 4 nitrogen and oxygen atoms in total. The van der Waals surface area contributed by atoms with Gasteiger partial charge in [0.1, 0.15) is 6.26 Å². The van der Waals surface area contributed by atoms with Gasteiger partial charge >= 0.3 is 0 Å². The maximum atomic E-state index is 11.0. The lowest BCUT2D eigenvalue weighted by atomic mass is 10.1. The maximum Gasteiger partial charge on any atom is 0.248 e. The van der Waals surface area contributed by atoms with Crippen molar-refractivity contribution in [1.82, 2.24) is 4.98 Å². The molecule has 0 unspecified atom stereocenters. The number of amides is 1. The fourth-order valence-corrected chi connectivity index (χ4v) is 1.41. The van der Waals surface area contributed by atoms with Crippen LogP contribution >= 0.6 is 12.4 Å². The van der Waals surface area contributed by atoms with Gasteiger partial charge in [0.15, 0.2) is 0 Å². The van der Waals surface area contributed by atoms with Crippen molar-refractivity contribution in [3.63, 3.8) is 0 Å². The summed E-state index contributed by atoms with van der Waals surface area (Å²) in [6.45, 7) is 1.89. The molecular weight excluding hydrogens is 228 g/mol. The molecule has 0 saturated carbocycles. The van der Waals surface area contributed by atoms with E-state index in [2.05, 4.69) is 4.98 Å². The molecule has 0 aliphatic carbocycles. The van der Waals surface area contributed by atoms with Crippen molar-refractivity contribution >= 4 is 18.3 Å². The molecule has 0 radical (unpaired) electrons.